The molecule has 0 unspecified atom stereocenters. The highest BCUT2D eigenvalue weighted by Gasteiger charge is 2.30. The highest BCUT2D eigenvalue weighted by Crippen LogP contribution is 2.39. The van der Waals surface area contributed by atoms with Crippen molar-refractivity contribution in [3.8, 4) is 6.07 Å². The van der Waals surface area contributed by atoms with Gasteiger partial charge in [-0.1, -0.05) is 63.5 Å². The summed E-state index contributed by atoms with van der Waals surface area (Å²) < 4.78 is 51.1. The minimum absolute atomic E-state index is 0.408. The summed E-state index contributed by atoms with van der Waals surface area (Å²) in [6.07, 6.45) is 13.6. The Hall–Kier alpha value is -1.83. The monoisotopic (exact) mass is 463 g/mol. The Bertz CT molecular complexity index is 774. The van der Waals surface area contributed by atoms with Gasteiger partial charge in [0.15, 0.2) is 5.83 Å². The Morgan fingerprint density at radius 3 is 1.79 bits per heavy atom. The van der Waals surface area contributed by atoms with Gasteiger partial charge in [0.1, 0.15) is 6.07 Å². The van der Waals surface area contributed by atoms with Crippen LogP contribution in [0.15, 0.2) is 36.2 Å². The van der Waals surface area contributed by atoms with E-state index in [0.29, 0.717) is 18.3 Å². The van der Waals surface area contributed by atoms with Crippen LogP contribution in [0, 0.1) is 29.1 Å². The van der Waals surface area contributed by atoms with Crippen LogP contribution < -0.4 is 0 Å². The van der Waals surface area contributed by atoms with Crippen LogP contribution in [-0.4, -0.2) is 0 Å². The predicted molar refractivity (Wildman–Crippen MR) is 124 cm³/mol. The lowest BCUT2D eigenvalue weighted by Crippen LogP contribution is -2.15. The van der Waals surface area contributed by atoms with Crippen LogP contribution in [0.4, 0.5) is 17.6 Å². The fourth-order valence-corrected chi connectivity index (χ4v) is 5.89. The Labute approximate surface area is 196 Å². The second kappa shape index (κ2) is 12.6. The van der Waals surface area contributed by atoms with Crippen molar-refractivity contribution in [1.82, 2.24) is 0 Å². The van der Waals surface area contributed by atoms with Crippen LogP contribution in [0.3, 0.4) is 0 Å². The van der Waals surface area contributed by atoms with Crippen molar-refractivity contribution in [2.45, 2.75) is 102 Å². The van der Waals surface area contributed by atoms with Gasteiger partial charge >= 0.3 is 6.18 Å². The molecule has 0 N–H and O–H groups in total. The molecule has 1 aromatic carbocycles. The quantitative estimate of drug-likeness (QED) is 0.203. The third kappa shape index (κ3) is 8.47. The topological polar surface area (TPSA) is 23.8 Å². The average molecular weight is 464 g/mol. The maximum atomic E-state index is 12.9. The molecule has 0 aliphatic heterocycles. The zero-order valence-electron chi connectivity index (χ0n) is 19.6. The molecule has 0 aromatic heterocycles. The maximum Gasteiger partial charge on any atom is 0.416 e. The lowest BCUT2D eigenvalue weighted by atomic mass is 9.76. The summed E-state index contributed by atoms with van der Waals surface area (Å²) in [5, 5.41) is 8.46. The molecule has 33 heavy (non-hydrogen) atoms. The molecule has 0 bridgehead atoms. The number of hydrogen-bond donors (Lipinski definition) is 0. The van der Waals surface area contributed by atoms with E-state index >= 15 is 0 Å². The van der Waals surface area contributed by atoms with Gasteiger partial charge in [0.2, 0.25) is 0 Å². The van der Waals surface area contributed by atoms with Crippen LogP contribution in [0.5, 0.6) is 0 Å². The summed E-state index contributed by atoms with van der Waals surface area (Å²) in [7, 11) is 0. The molecule has 2 aliphatic carbocycles. The third-order valence-corrected chi connectivity index (χ3v) is 8.00. The molecule has 182 valence electrons. The van der Waals surface area contributed by atoms with Crippen molar-refractivity contribution in [2.75, 3.05) is 0 Å². The summed E-state index contributed by atoms with van der Waals surface area (Å²) in [6, 6.07) is 7.32. The van der Waals surface area contributed by atoms with Crippen molar-refractivity contribution >= 4 is 0 Å². The van der Waals surface area contributed by atoms with Gasteiger partial charge in [-0.15, -0.1) is 0 Å². The van der Waals surface area contributed by atoms with Crippen molar-refractivity contribution in [3.05, 3.63) is 47.3 Å². The van der Waals surface area contributed by atoms with Crippen molar-refractivity contribution in [1.29, 1.82) is 5.26 Å². The first-order valence-electron chi connectivity index (χ1n) is 12.8. The van der Waals surface area contributed by atoms with Crippen molar-refractivity contribution < 1.29 is 17.6 Å². The van der Waals surface area contributed by atoms with E-state index in [2.05, 4.69) is 0 Å². The van der Waals surface area contributed by atoms with E-state index in [4.69, 9.17) is 5.26 Å². The van der Waals surface area contributed by atoms with Crippen LogP contribution in [-0.2, 0) is 6.18 Å². The smallest absolute Gasteiger partial charge is 0.195 e. The summed E-state index contributed by atoms with van der Waals surface area (Å²) >= 11 is 0. The van der Waals surface area contributed by atoms with E-state index in [0.717, 1.165) is 36.7 Å². The minimum Gasteiger partial charge on any atom is -0.195 e. The molecule has 1 aromatic rings. The molecule has 3 rings (SSSR count). The normalized spacial score (nSPS) is 26.7. The molecule has 0 atom stereocenters. The van der Waals surface area contributed by atoms with E-state index in [9.17, 15) is 17.6 Å². The van der Waals surface area contributed by atoms with Gasteiger partial charge in [0.05, 0.1) is 5.56 Å². The van der Waals surface area contributed by atoms with Gasteiger partial charge in [-0.3, -0.25) is 0 Å². The number of allylic oxidation sites excluding steroid dienone is 2. The fourth-order valence-electron chi connectivity index (χ4n) is 5.89. The number of hydrogen-bond acceptors (Lipinski definition) is 1. The number of halogens is 4. The molecule has 2 saturated carbocycles. The molecule has 0 radical (unpaired) electrons. The second-order valence-corrected chi connectivity index (χ2v) is 10.2. The van der Waals surface area contributed by atoms with Gasteiger partial charge in [0, 0.05) is 0 Å². The van der Waals surface area contributed by atoms with Crippen molar-refractivity contribution in [3.63, 3.8) is 0 Å². The van der Waals surface area contributed by atoms with E-state index < -0.39 is 17.6 Å². The van der Waals surface area contributed by atoms with Gasteiger partial charge < -0.3 is 0 Å². The number of nitriles is 1. The molecule has 2 aliphatic rings. The Morgan fingerprint density at radius 2 is 1.30 bits per heavy atom. The number of rotatable bonds is 9. The molecule has 1 nitrogen and oxygen atoms in total. The average Bonchev–Trinajstić information content (AvgIpc) is 2.82. The first-order valence-corrected chi connectivity index (χ1v) is 12.8. The largest absolute Gasteiger partial charge is 0.416 e. The molecule has 0 spiro atoms. The van der Waals surface area contributed by atoms with Crippen LogP contribution in [0.25, 0.3) is 0 Å². The highest BCUT2D eigenvalue weighted by molar-refractivity contribution is 5.27. The van der Waals surface area contributed by atoms with E-state index in [-0.39, 0.29) is 0 Å². The zero-order chi connectivity index (χ0) is 23.7. The van der Waals surface area contributed by atoms with Crippen molar-refractivity contribution in [2.24, 2.45) is 17.8 Å². The van der Waals surface area contributed by atoms with E-state index in [1.165, 1.54) is 88.5 Å². The Balaban J connectivity index is 1.25. The maximum absolute atomic E-state index is 12.9. The van der Waals surface area contributed by atoms with Crippen LogP contribution in [0.1, 0.15) is 107 Å². The van der Waals surface area contributed by atoms with Gasteiger partial charge in [-0.2, -0.15) is 22.8 Å². The van der Waals surface area contributed by atoms with E-state index in [1.54, 1.807) is 12.1 Å². The first-order chi connectivity index (χ1) is 15.8. The highest BCUT2D eigenvalue weighted by atomic mass is 19.4. The molecule has 0 saturated heterocycles. The molecular weight excluding hydrogens is 426 g/mol. The predicted octanol–water partition coefficient (Wildman–Crippen LogP) is 9.50. The summed E-state index contributed by atoms with van der Waals surface area (Å²) in [4.78, 5) is 0. The molecule has 2 fully saturated rings. The lowest BCUT2D eigenvalue weighted by molar-refractivity contribution is -0.137. The molecular formula is C28H37F4N. The second-order valence-electron chi connectivity index (χ2n) is 10.2. The number of alkyl halides is 3. The Morgan fingerprint density at radius 1 is 0.818 bits per heavy atom. The SMILES string of the molecule is N#C/C(F)=C/CCC1CCC(CCCCC2CCC(c3ccc(C(F)(F)F)cc3)CC2)CC1. The molecule has 0 heterocycles. The third-order valence-electron chi connectivity index (χ3n) is 8.00. The zero-order valence-corrected chi connectivity index (χ0v) is 19.6. The standard InChI is InChI=1S/C28H37F4N/c29-27(20-33)7-3-6-23-10-8-21(9-11-23)4-1-2-5-22-12-14-24(15-13-22)25-16-18-26(19-17-25)28(30,31)32/h7,16-19,21-24H,1-6,8-15H2/b27-7-. The minimum atomic E-state index is -4.26. The summed E-state index contributed by atoms with van der Waals surface area (Å²) in [5.74, 6) is 2.04. The molecule has 5 heteroatoms. The summed E-state index contributed by atoms with van der Waals surface area (Å²) in [6.45, 7) is 0. The number of benzene rings is 1. The number of nitrogens with zero attached hydrogens (tertiary/aromatic N) is 1. The lowest BCUT2D eigenvalue weighted by Gasteiger charge is -2.30. The first kappa shape index (κ1) is 25.8. The number of unbranched alkanes of at least 4 members (excludes halogenated alkanes) is 1. The Kier molecular flexibility index (Phi) is 9.83. The summed E-state index contributed by atoms with van der Waals surface area (Å²) in [5.41, 5.74) is 0.500. The van der Waals surface area contributed by atoms with Gasteiger partial charge in [-0.05, 0) is 86.0 Å². The van der Waals surface area contributed by atoms with E-state index in [1.807, 2.05) is 0 Å². The van der Waals surface area contributed by atoms with Crippen LogP contribution in [0.2, 0.25) is 0 Å². The fraction of sp³-hybridized carbons (Fsp3) is 0.679. The molecule has 0 amide bonds. The van der Waals surface area contributed by atoms with Gasteiger partial charge in [0.25, 0.3) is 0 Å². The van der Waals surface area contributed by atoms with Crippen LogP contribution >= 0.6 is 0 Å². The van der Waals surface area contributed by atoms with Gasteiger partial charge in [-0.25, -0.2) is 0 Å².